The summed E-state index contributed by atoms with van der Waals surface area (Å²) in [5, 5.41) is 14.5. The second-order valence-electron chi connectivity index (χ2n) is 6.24. The van der Waals surface area contributed by atoms with Crippen LogP contribution in [0.4, 0.5) is 4.79 Å². The van der Waals surface area contributed by atoms with Crippen LogP contribution in [0.5, 0.6) is 0 Å². The summed E-state index contributed by atoms with van der Waals surface area (Å²) in [6, 6.07) is -0.0920. The van der Waals surface area contributed by atoms with Crippen molar-refractivity contribution in [2.45, 2.75) is 39.7 Å². The van der Waals surface area contributed by atoms with Crippen LogP contribution in [-0.4, -0.2) is 67.4 Å². The van der Waals surface area contributed by atoms with Gasteiger partial charge in [0.1, 0.15) is 0 Å². The van der Waals surface area contributed by atoms with E-state index in [1.807, 2.05) is 6.92 Å². The maximum absolute atomic E-state index is 12.4. The molecule has 0 saturated carbocycles. The number of hydrogen-bond donors (Lipinski definition) is 3. The number of nitrogens with zero attached hydrogens (tertiary/aromatic N) is 1. The zero-order valence-electron chi connectivity index (χ0n) is 14.5. The Kier molecular flexibility index (Phi) is 8.94. The maximum atomic E-state index is 12.4. The summed E-state index contributed by atoms with van der Waals surface area (Å²) in [5.74, 6) is 0.192. The van der Waals surface area contributed by atoms with E-state index in [0.29, 0.717) is 45.1 Å². The van der Waals surface area contributed by atoms with Crippen LogP contribution in [0, 0.1) is 11.8 Å². The van der Waals surface area contributed by atoms with Crippen LogP contribution in [0.25, 0.3) is 0 Å². The first-order valence-electron chi connectivity index (χ1n) is 8.51. The number of carbonyl (C=O) groups is 2. The molecule has 1 aliphatic heterocycles. The highest BCUT2D eigenvalue weighted by molar-refractivity contribution is 5.79. The molecule has 1 rings (SSSR count). The van der Waals surface area contributed by atoms with E-state index in [4.69, 9.17) is 9.84 Å². The van der Waals surface area contributed by atoms with Gasteiger partial charge in [-0.25, -0.2) is 4.79 Å². The summed E-state index contributed by atoms with van der Waals surface area (Å²) in [4.78, 5) is 26.0. The number of ether oxygens (including phenoxy) is 1. The van der Waals surface area contributed by atoms with Gasteiger partial charge in [-0.05, 0) is 25.7 Å². The first-order chi connectivity index (χ1) is 11.0. The van der Waals surface area contributed by atoms with Crippen LogP contribution in [0.3, 0.4) is 0 Å². The van der Waals surface area contributed by atoms with Gasteiger partial charge >= 0.3 is 6.03 Å². The molecular weight excluding hydrogens is 298 g/mol. The molecule has 0 radical (unpaired) electrons. The normalized spacial score (nSPS) is 17.2. The molecule has 0 aromatic rings. The molecular formula is C16H31N3O4. The maximum Gasteiger partial charge on any atom is 0.317 e. The Labute approximate surface area is 138 Å². The second-order valence-corrected chi connectivity index (χ2v) is 6.24. The molecule has 1 aliphatic rings. The third-order valence-electron chi connectivity index (χ3n) is 4.18. The fourth-order valence-electron chi connectivity index (χ4n) is 2.56. The van der Waals surface area contributed by atoms with Gasteiger partial charge in [0.15, 0.2) is 0 Å². The Balaban J connectivity index is 2.40. The topological polar surface area (TPSA) is 90.9 Å². The molecule has 1 fully saturated rings. The smallest absolute Gasteiger partial charge is 0.317 e. The third-order valence-corrected chi connectivity index (χ3v) is 4.18. The highest BCUT2D eigenvalue weighted by Gasteiger charge is 2.28. The molecule has 3 amide bonds. The lowest BCUT2D eigenvalue weighted by Crippen LogP contribution is -2.51. The number of amides is 3. The second kappa shape index (κ2) is 10.4. The van der Waals surface area contributed by atoms with Crippen LogP contribution in [0.1, 0.15) is 33.6 Å². The van der Waals surface area contributed by atoms with E-state index < -0.39 is 0 Å². The SMILES string of the molecule is CCOCC(NC(=O)N1CCC(C(=O)NCCO)CC1)C(C)C. The molecule has 0 spiro atoms. The molecule has 0 bridgehead atoms. The van der Waals surface area contributed by atoms with Gasteiger partial charge in [-0.2, -0.15) is 0 Å². The van der Waals surface area contributed by atoms with Gasteiger partial charge in [0, 0.05) is 32.2 Å². The zero-order valence-corrected chi connectivity index (χ0v) is 14.5. The molecule has 7 nitrogen and oxygen atoms in total. The molecule has 1 saturated heterocycles. The van der Waals surface area contributed by atoms with Gasteiger partial charge in [-0.15, -0.1) is 0 Å². The highest BCUT2D eigenvalue weighted by atomic mass is 16.5. The number of likely N-dealkylation sites (tertiary alicyclic amines) is 1. The van der Waals surface area contributed by atoms with Crippen LogP contribution >= 0.6 is 0 Å². The van der Waals surface area contributed by atoms with Crippen LogP contribution in [0.15, 0.2) is 0 Å². The number of urea groups is 1. The summed E-state index contributed by atoms with van der Waals surface area (Å²) >= 11 is 0. The molecule has 0 aromatic heterocycles. The van der Waals surface area contributed by atoms with E-state index in [2.05, 4.69) is 24.5 Å². The number of aliphatic hydroxyl groups is 1. The Bertz CT molecular complexity index is 368. The number of rotatable bonds is 8. The van der Waals surface area contributed by atoms with Crippen molar-refractivity contribution in [3.05, 3.63) is 0 Å². The Morgan fingerprint density at radius 2 is 1.96 bits per heavy atom. The summed E-state index contributed by atoms with van der Waals surface area (Å²) in [5.41, 5.74) is 0. The lowest BCUT2D eigenvalue weighted by atomic mass is 9.96. The van der Waals surface area contributed by atoms with Crippen LogP contribution in [-0.2, 0) is 9.53 Å². The molecule has 0 aromatic carbocycles. The summed E-state index contributed by atoms with van der Waals surface area (Å²) in [6.07, 6.45) is 1.31. The molecule has 1 atom stereocenters. The van der Waals surface area contributed by atoms with Crippen molar-refractivity contribution in [1.29, 1.82) is 0 Å². The largest absolute Gasteiger partial charge is 0.395 e. The highest BCUT2D eigenvalue weighted by Crippen LogP contribution is 2.17. The van der Waals surface area contributed by atoms with Gasteiger partial charge < -0.3 is 25.4 Å². The van der Waals surface area contributed by atoms with Crippen molar-refractivity contribution < 1.29 is 19.4 Å². The number of piperidine rings is 1. The molecule has 23 heavy (non-hydrogen) atoms. The van der Waals surface area contributed by atoms with Gasteiger partial charge in [-0.3, -0.25) is 4.79 Å². The van der Waals surface area contributed by atoms with Gasteiger partial charge in [0.05, 0.1) is 19.3 Å². The van der Waals surface area contributed by atoms with Crippen molar-refractivity contribution in [2.75, 3.05) is 39.5 Å². The standard InChI is InChI=1S/C16H31N3O4/c1-4-23-11-14(12(2)3)18-16(22)19-8-5-13(6-9-19)15(21)17-7-10-20/h12-14,20H,4-11H2,1-3H3,(H,17,21)(H,18,22). The average Bonchev–Trinajstić information content (AvgIpc) is 2.56. The quantitative estimate of drug-likeness (QED) is 0.607. The summed E-state index contributed by atoms with van der Waals surface area (Å²) < 4.78 is 5.42. The Morgan fingerprint density at radius 1 is 1.30 bits per heavy atom. The number of carbonyl (C=O) groups excluding carboxylic acids is 2. The van der Waals surface area contributed by atoms with E-state index in [9.17, 15) is 9.59 Å². The van der Waals surface area contributed by atoms with Crippen LogP contribution in [0.2, 0.25) is 0 Å². The predicted octanol–water partition coefficient (Wildman–Crippen LogP) is 0.578. The lowest BCUT2D eigenvalue weighted by Gasteiger charge is -2.33. The molecule has 7 heteroatoms. The van der Waals surface area contributed by atoms with E-state index >= 15 is 0 Å². The monoisotopic (exact) mass is 329 g/mol. The summed E-state index contributed by atoms with van der Waals surface area (Å²) in [6.45, 7) is 8.57. The van der Waals surface area contributed by atoms with E-state index in [1.165, 1.54) is 0 Å². The fourth-order valence-corrected chi connectivity index (χ4v) is 2.56. The molecule has 134 valence electrons. The lowest BCUT2D eigenvalue weighted by molar-refractivity contribution is -0.126. The van der Waals surface area contributed by atoms with Gasteiger partial charge in [-0.1, -0.05) is 13.8 Å². The zero-order chi connectivity index (χ0) is 17.2. The Hall–Kier alpha value is -1.34. The van der Waals surface area contributed by atoms with Gasteiger partial charge in [0.25, 0.3) is 0 Å². The molecule has 0 aliphatic carbocycles. The van der Waals surface area contributed by atoms with Crippen molar-refractivity contribution in [1.82, 2.24) is 15.5 Å². The van der Waals surface area contributed by atoms with E-state index in [-0.39, 0.29) is 37.0 Å². The van der Waals surface area contributed by atoms with Crippen molar-refractivity contribution in [2.24, 2.45) is 11.8 Å². The Morgan fingerprint density at radius 3 is 2.48 bits per heavy atom. The average molecular weight is 329 g/mol. The van der Waals surface area contributed by atoms with Crippen molar-refractivity contribution in [3.8, 4) is 0 Å². The molecule has 1 unspecified atom stereocenters. The predicted molar refractivity (Wildman–Crippen MR) is 88.0 cm³/mol. The minimum absolute atomic E-state index is 0.00646. The van der Waals surface area contributed by atoms with Gasteiger partial charge in [0.2, 0.25) is 5.91 Å². The first kappa shape index (κ1) is 19.7. The molecule has 3 N–H and O–H groups in total. The first-order valence-corrected chi connectivity index (χ1v) is 8.51. The number of hydrogen-bond acceptors (Lipinski definition) is 4. The molecule has 1 heterocycles. The number of nitrogens with one attached hydrogen (secondary N) is 2. The number of aliphatic hydroxyl groups excluding tert-OH is 1. The van der Waals surface area contributed by atoms with E-state index in [1.54, 1.807) is 4.90 Å². The summed E-state index contributed by atoms with van der Waals surface area (Å²) in [7, 11) is 0. The van der Waals surface area contributed by atoms with Crippen molar-refractivity contribution in [3.63, 3.8) is 0 Å². The minimum atomic E-state index is -0.0855. The third kappa shape index (κ3) is 6.74. The fraction of sp³-hybridized carbons (Fsp3) is 0.875. The van der Waals surface area contributed by atoms with E-state index in [0.717, 1.165) is 0 Å². The minimum Gasteiger partial charge on any atom is -0.395 e. The van der Waals surface area contributed by atoms with Crippen LogP contribution < -0.4 is 10.6 Å². The van der Waals surface area contributed by atoms with Crippen molar-refractivity contribution >= 4 is 11.9 Å².